The van der Waals surface area contributed by atoms with E-state index in [1.165, 1.54) is 0 Å². The van der Waals surface area contributed by atoms with Crippen molar-refractivity contribution >= 4 is 11.9 Å². The summed E-state index contributed by atoms with van der Waals surface area (Å²) in [6.45, 7) is 6.55. The van der Waals surface area contributed by atoms with Crippen molar-refractivity contribution in [3.05, 3.63) is 0 Å². The molecule has 116 valence electrons. The monoisotopic (exact) mass is 284 g/mol. The number of nitrogens with one attached hydrogen (secondary N) is 2. The van der Waals surface area contributed by atoms with Crippen LogP contribution in [0.3, 0.4) is 0 Å². The van der Waals surface area contributed by atoms with Gasteiger partial charge in [-0.25, -0.2) is 0 Å². The molecule has 3 N–H and O–H groups in total. The lowest BCUT2D eigenvalue weighted by molar-refractivity contribution is -0.122. The maximum Gasteiger partial charge on any atom is 0.240 e. The third-order valence-electron chi connectivity index (χ3n) is 3.33. The van der Waals surface area contributed by atoms with Gasteiger partial charge in [-0.15, -0.1) is 0 Å². The smallest absolute Gasteiger partial charge is 0.240 e. The number of hydrogen-bond donors (Lipinski definition) is 3. The normalized spacial score (nSPS) is 18.2. The van der Waals surface area contributed by atoms with Crippen LogP contribution in [0.2, 0.25) is 0 Å². The topological polar surface area (TPSA) is 77.0 Å². The molecule has 0 aromatic heterocycles. The van der Waals surface area contributed by atoms with Gasteiger partial charge in [0.1, 0.15) is 0 Å². The molecular weight excluding hydrogens is 256 g/mol. The summed E-state index contributed by atoms with van der Waals surface area (Å²) in [7, 11) is 3.48. The molecule has 6 heteroatoms. The molecule has 20 heavy (non-hydrogen) atoms. The lowest BCUT2D eigenvalue weighted by Gasteiger charge is -2.37. The fraction of sp³-hybridized carbons (Fsp3) is 0.857. The number of rotatable bonds is 4. The number of likely N-dealkylation sites (N-methyl/N-ethyl adjacent to an activating group) is 1. The van der Waals surface area contributed by atoms with Crippen LogP contribution in [0.25, 0.3) is 0 Å². The molecule has 0 aromatic carbocycles. The van der Waals surface area contributed by atoms with Gasteiger partial charge in [-0.3, -0.25) is 9.79 Å². The van der Waals surface area contributed by atoms with Crippen molar-refractivity contribution in [3.63, 3.8) is 0 Å². The number of amides is 1. The molecule has 0 heterocycles. The molecule has 1 aliphatic carbocycles. The predicted molar refractivity (Wildman–Crippen MR) is 80.7 cm³/mol. The Kier molecular flexibility index (Phi) is 5.39. The van der Waals surface area contributed by atoms with Crippen LogP contribution in [-0.4, -0.2) is 60.2 Å². The summed E-state index contributed by atoms with van der Waals surface area (Å²) >= 11 is 0. The van der Waals surface area contributed by atoms with Crippen LogP contribution in [0.15, 0.2) is 4.99 Å². The second kappa shape index (κ2) is 6.43. The zero-order chi connectivity index (χ0) is 15.4. The quantitative estimate of drug-likeness (QED) is 0.513. The molecule has 0 unspecified atom stereocenters. The largest absolute Gasteiger partial charge is 0.388 e. The maximum atomic E-state index is 11.9. The lowest BCUT2D eigenvalue weighted by Crippen LogP contribution is -2.53. The molecule has 0 aliphatic heterocycles. The van der Waals surface area contributed by atoms with Crippen LogP contribution in [0.5, 0.6) is 0 Å². The van der Waals surface area contributed by atoms with Gasteiger partial charge in [-0.2, -0.15) is 0 Å². The van der Waals surface area contributed by atoms with E-state index < -0.39 is 5.60 Å². The summed E-state index contributed by atoms with van der Waals surface area (Å²) in [5, 5.41) is 16.1. The third kappa shape index (κ3) is 5.36. The van der Waals surface area contributed by atoms with Crippen molar-refractivity contribution < 1.29 is 9.90 Å². The van der Waals surface area contributed by atoms with Crippen LogP contribution < -0.4 is 10.6 Å². The Hall–Kier alpha value is -1.30. The summed E-state index contributed by atoms with van der Waals surface area (Å²) < 4.78 is 0. The highest BCUT2D eigenvalue weighted by Crippen LogP contribution is 2.30. The summed E-state index contributed by atoms with van der Waals surface area (Å²) in [5.74, 6) is 0.569. The van der Waals surface area contributed by atoms with E-state index in [9.17, 15) is 9.90 Å². The standard InChI is InChI=1S/C14H28N4O2/c1-13(2,3)17-11(19)9-18(5)12(15-4)16-10-14(20)7-6-8-14/h20H,6-10H2,1-5H3,(H,15,16)(H,17,19). The third-order valence-corrected chi connectivity index (χ3v) is 3.33. The summed E-state index contributed by atoms with van der Waals surface area (Å²) in [5.41, 5.74) is -0.847. The number of carbonyl (C=O) groups is 1. The second-order valence-electron chi connectivity index (χ2n) is 6.63. The van der Waals surface area contributed by atoms with Gasteiger partial charge in [0.15, 0.2) is 5.96 Å². The number of hydrogen-bond acceptors (Lipinski definition) is 3. The molecule has 0 aromatic rings. The predicted octanol–water partition coefficient (Wildman–Crippen LogP) is 0.323. The molecule has 1 fully saturated rings. The van der Waals surface area contributed by atoms with E-state index in [2.05, 4.69) is 15.6 Å². The Labute approximate surface area is 121 Å². The number of nitrogens with zero attached hydrogens (tertiary/aromatic N) is 2. The van der Waals surface area contributed by atoms with Gasteiger partial charge in [0, 0.05) is 26.2 Å². The minimum Gasteiger partial charge on any atom is -0.388 e. The van der Waals surface area contributed by atoms with Crippen molar-refractivity contribution in [2.24, 2.45) is 4.99 Å². The number of carbonyl (C=O) groups excluding carboxylic acids is 1. The van der Waals surface area contributed by atoms with E-state index in [1.54, 1.807) is 11.9 Å². The minimum absolute atomic E-state index is 0.0506. The highest BCUT2D eigenvalue weighted by atomic mass is 16.3. The average Bonchev–Trinajstić information content (AvgIpc) is 2.24. The molecule has 0 radical (unpaired) electrons. The number of aliphatic hydroxyl groups is 1. The van der Waals surface area contributed by atoms with Crippen LogP contribution >= 0.6 is 0 Å². The highest BCUT2D eigenvalue weighted by Gasteiger charge is 2.34. The molecule has 0 atom stereocenters. The first-order chi connectivity index (χ1) is 9.15. The molecular formula is C14H28N4O2. The highest BCUT2D eigenvalue weighted by molar-refractivity contribution is 5.86. The Morgan fingerprint density at radius 1 is 1.40 bits per heavy atom. The maximum absolute atomic E-state index is 11.9. The molecule has 0 saturated heterocycles. The van der Waals surface area contributed by atoms with E-state index in [-0.39, 0.29) is 18.0 Å². The Morgan fingerprint density at radius 2 is 2.00 bits per heavy atom. The van der Waals surface area contributed by atoms with Crippen molar-refractivity contribution in [2.75, 3.05) is 27.2 Å². The lowest BCUT2D eigenvalue weighted by atomic mass is 9.80. The Morgan fingerprint density at radius 3 is 2.40 bits per heavy atom. The van der Waals surface area contributed by atoms with Gasteiger partial charge in [0.25, 0.3) is 0 Å². The average molecular weight is 284 g/mol. The van der Waals surface area contributed by atoms with Crippen molar-refractivity contribution in [1.29, 1.82) is 0 Å². The number of guanidine groups is 1. The fourth-order valence-corrected chi connectivity index (χ4v) is 2.14. The van der Waals surface area contributed by atoms with Crippen molar-refractivity contribution in [1.82, 2.24) is 15.5 Å². The molecule has 1 aliphatic rings. The first-order valence-electron chi connectivity index (χ1n) is 7.10. The second-order valence-corrected chi connectivity index (χ2v) is 6.63. The first kappa shape index (κ1) is 16.8. The molecule has 0 spiro atoms. The molecule has 1 amide bonds. The van der Waals surface area contributed by atoms with Crippen LogP contribution in [0.1, 0.15) is 40.0 Å². The van der Waals surface area contributed by atoms with E-state index in [1.807, 2.05) is 27.8 Å². The van der Waals surface area contributed by atoms with Gasteiger partial charge in [-0.05, 0) is 40.0 Å². The summed E-state index contributed by atoms with van der Waals surface area (Å²) in [6.07, 6.45) is 2.72. The Balaban J connectivity index is 2.42. The summed E-state index contributed by atoms with van der Waals surface area (Å²) in [6, 6.07) is 0. The van der Waals surface area contributed by atoms with Crippen LogP contribution in [0, 0.1) is 0 Å². The molecule has 1 saturated carbocycles. The van der Waals surface area contributed by atoms with Crippen molar-refractivity contribution in [3.8, 4) is 0 Å². The molecule has 6 nitrogen and oxygen atoms in total. The van der Waals surface area contributed by atoms with Gasteiger partial charge < -0.3 is 20.6 Å². The van der Waals surface area contributed by atoms with Gasteiger partial charge in [-0.1, -0.05) is 0 Å². The van der Waals surface area contributed by atoms with Crippen LogP contribution in [0.4, 0.5) is 0 Å². The molecule has 0 bridgehead atoms. The van der Waals surface area contributed by atoms with Gasteiger partial charge in [0.2, 0.25) is 5.91 Å². The van der Waals surface area contributed by atoms with Gasteiger partial charge in [0.05, 0.1) is 12.1 Å². The van der Waals surface area contributed by atoms with Crippen LogP contribution in [-0.2, 0) is 4.79 Å². The Bertz CT molecular complexity index is 370. The first-order valence-corrected chi connectivity index (χ1v) is 7.10. The van der Waals surface area contributed by atoms with E-state index in [0.717, 1.165) is 19.3 Å². The zero-order valence-corrected chi connectivity index (χ0v) is 13.3. The zero-order valence-electron chi connectivity index (χ0n) is 13.3. The SMILES string of the molecule is CN=C(NCC1(O)CCC1)N(C)CC(=O)NC(C)(C)C. The molecule has 1 rings (SSSR count). The summed E-state index contributed by atoms with van der Waals surface area (Å²) in [4.78, 5) is 17.8. The van der Waals surface area contributed by atoms with Gasteiger partial charge >= 0.3 is 0 Å². The van der Waals surface area contributed by atoms with E-state index in [0.29, 0.717) is 12.5 Å². The minimum atomic E-state index is -0.607. The fourth-order valence-electron chi connectivity index (χ4n) is 2.14. The number of aliphatic imine (C=N–C) groups is 1. The van der Waals surface area contributed by atoms with E-state index >= 15 is 0 Å². The van der Waals surface area contributed by atoms with E-state index in [4.69, 9.17) is 0 Å². The van der Waals surface area contributed by atoms with Crippen molar-refractivity contribution in [2.45, 2.75) is 51.2 Å².